The number of halogens is 1. The van der Waals surface area contributed by atoms with Crippen LogP contribution in [0.5, 0.6) is 0 Å². The third-order valence-corrected chi connectivity index (χ3v) is 8.15. The molecule has 4 heterocycles. The lowest BCUT2D eigenvalue weighted by Crippen LogP contribution is -2.47. The van der Waals surface area contributed by atoms with E-state index in [1.807, 2.05) is 18.2 Å². The van der Waals surface area contributed by atoms with Crippen LogP contribution in [-0.4, -0.2) is 84.7 Å². The number of aromatic nitrogens is 3. The van der Waals surface area contributed by atoms with E-state index in [9.17, 15) is 9.59 Å². The van der Waals surface area contributed by atoms with E-state index < -0.39 is 0 Å². The van der Waals surface area contributed by atoms with Crippen molar-refractivity contribution < 1.29 is 9.53 Å². The monoisotopic (exact) mass is 546 g/mol. The van der Waals surface area contributed by atoms with Gasteiger partial charge in [0.05, 0.1) is 19.2 Å². The molecule has 0 saturated carbocycles. The fourth-order valence-corrected chi connectivity index (χ4v) is 6.05. The van der Waals surface area contributed by atoms with Gasteiger partial charge < -0.3 is 19.4 Å². The molecule has 2 aliphatic heterocycles. The summed E-state index contributed by atoms with van der Waals surface area (Å²) in [5.74, 6) is 0.920. The molecule has 200 valence electrons. The molecule has 0 bridgehead atoms. The molecule has 37 heavy (non-hydrogen) atoms. The number of carbonyl (C=O) groups is 1. The molecular formula is C26H35ClN6O3S. The number of rotatable bonds is 9. The van der Waals surface area contributed by atoms with Crippen molar-refractivity contribution in [3.8, 4) is 0 Å². The number of methoxy groups -OCH3 is 1. The molecule has 2 aliphatic rings. The maximum atomic E-state index is 13.6. The highest BCUT2D eigenvalue weighted by Gasteiger charge is 2.33. The Morgan fingerprint density at radius 2 is 1.86 bits per heavy atom. The molecule has 0 amide bonds. The van der Waals surface area contributed by atoms with Crippen LogP contribution < -0.4 is 15.4 Å². The summed E-state index contributed by atoms with van der Waals surface area (Å²) in [4.78, 5) is 43.6. The Balaban J connectivity index is 0.00000320. The molecule has 0 N–H and O–H groups in total. The van der Waals surface area contributed by atoms with Crippen LogP contribution in [0.4, 0.5) is 11.1 Å². The lowest BCUT2D eigenvalue weighted by atomic mass is 10.0. The number of piperazine rings is 1. The fourth-order valence-electron chi connectivity index (χ4n) is 5.05. The predicted molar refractivity (Wildman–Crippen MR) is 151 cm³/mol. The minimum atomic E-state index is -0.193. The molecule has 2 fully saturated rings. The molecule has 3 aromatic rings. The van der Waals surface area contributed by atoms with E-state index >= 15 is 0 Å². The van der Waals surface area contributed by atoms with Crippen LogP contribution in [-0.2, 0) is 22.5 Å². The highest BCUT2D eigenvalue weighted by molar-refractivity contribution is 7.21. The third kappa shape index (κ3) is 5.98. The molecule has 1 atom stereocenters. The summed E-state index contributed by atoms with van der Waals surface area (Å²) in [6, 6.07) is 9.93. The summed E-state index contributed by atoms with van der Waals surface area (Å²) in [6.07, 6.45) is 3.01. The number of thiazole rings is 1. The average molecular weight is 547 g/mol. The minimum Gasteiger partial charge on any atom is -0.383 e. The van der Waals surface area contributed by atoms with Gasteiger partial charge in [0.25, 0.3) is 5.56 Å². The van der Waals surface area contributed by atoms with Crippen molar-refractivity contribution in [2.45, 2.75) is 38.3 Å². The fraction of sp³-hybridized carbons (Fsp3) is 0.538. The van der Waals surface area contributed by atoms with Gasteiger partial charge in [-0.15, -0.1) is 12.4 Å². The molecule has 0 unspecified atom stereocenters. The molecule has 1 aromatic carbocycles. The Hall–Kier alpha value is -2.53. The van der Waals surface area contributed by atoms with Crippen molar-refractivity contribution in [1.29, 1.82) is 0 Å². The van der Waals surface area contributed by atoms with E-state index in [1.165, 1.54) is 16.9 Å². The molecule has 9 nitrogen and oxygen atoms in total. The van der Waals surface area contributed by atoms with E-state index in [4.69, 9.17) is 14.7 Å². The summed E-state index contributed by atoms with van der Waals surface area (Å²) in [5.41, 5.74) is 1.42. The van der Waals surface area contributed by atoms with Crippen molar-refractivity contribution in [3.05, 3.63) is 46.2 Å². The first-order chi connectivity index (χ1) is 17.5. The van der Waals surface area contributed by atoms with Gasteiger partial charge in [0.15, 0.2) is 21.3 Å². The van der Waals surface area contributed by atoms with Gasteiger partial charge in [-0.05, 0) is 31.9 Å². The number of carbonyl (C=O) groups excluding carboxylic acids is 1. The van der Waals surface area contributed by atoms with Gasteiger partial charge in [-0.3, -0.25) is 14.2 Å². The van der Waals surface area contributed by atoms with Crippen molar-refractivity contribution >= 4 is 51.0 Å². The predicted octanol–water partition coefficient (Wildman–Crippen LogP) is 2.84. The maximum Gasteiger partial charge on any atom is 0.282 e. The second-order valence-electron chi connectivity index (χ2n) is 9.61. The van der Waals surface area contributed by atoms with E-state index in [0.29, 0.717) is 35.9 Å². The summed E-state index contributed by atoms with van der Waals surface area (Å²) in [5, 5.41) is 0.721. The van der Waals surface area contributed by atoms with Crippen LogP contribution in [0.2, 0.25) is 0 Å². The Labute approximate surface area is 227 Å². The number of benzene rings is 1. The van der Waals surface area contributed by atoms with Crippen molar-refractivity contribution in [3.63, 3.8) is 0 Å². The quantitative estimate of drug-likeness (QED) is 0.405. The highest BCUT2D eigenvalue weighted by Crippen LogP contribution is 2.33. The average Bonchev–Trinajstić information content (AvgIpc) is 3.55. The van der Waals surface area contributed by atoms with Crippen LogP contribution in [0.15, 0.2) is 35.1 Å². The topological polar surface area (TPSA) is 83.8 Å². The Morgan fingerprint density at radius 3 is 2.59 bits per heavy atom. The number of ether oxygens (including phenoxy) is 1. The summed E-state index contributed by atoms with van der Waals surface area (Å²) in [7, 11) is 3.74. The number of likely N-dealkylation sites (N-methyl/N-ethyl adjacent to an activating group) is 1. The number of fused-ring (bicyclic) bond motifs is 1. The second-order valence-corrected chi connectivity index (χ2v) is 10.6. The molecule has 0 aliphatic carbocycles. The number of hydrogen-bond acceptors (Lipinski definition) is 9. The molecule has 2 aromatic heterocycles. The van der Waals surface area contributed by atoms with Crippen LogP contribution in [0, 0.1) is 0 Å². The number of aryl methyl sites for hydroxylation is 1. The first kappa shape index (κ1) is 27.5. The highest BCUT2D eigenvalue weighted by atomic mass is 35.5. The van der Waals surface area contributed by atoms with E-state index in [-0.39, 0.29) is 29.8 Å². The number of anilines is 2. The Kier molecular flexibility index (Phi) is 9.17. The van der Waals surface area contributed by atoms with Crippen LogP contribution >= 0.6 is 23.7 Å². The number of ketones is 1. The summed E-state index contributed by atoms with van der Waals surface area (Å²) >= 11 is 1.43. The second kappa shape index (κ2) is 12.3. The van der Waals surface area contributed by atoms with Gasteiger partial charge in [-0.25, -0.2) is 9.97 Å². The van der Waals surface area contributed by atoms with Crippen molar-refractivity contribution in [1.82, 2.24) is 19.4 Å². The van der Waals surface area contributed by atoms with E-state index in [1.54, 1.807) is 11.7 Å². The molecular weight excluding hydrogens is 512 g/mol. The third-order valence-electron chi connectivity index (χ3n) is 7.17. The van der Waals surface area contributed by atoms with E-state index in [2.05, 4.69) is 33.9 Å². The molecule has 5 rings (SSSR count). The number of nitrogens with zero attached hydrogens (tertiary/aromatic N) is 6. The number of hydrogen-bond donors (Lipinski definition) is 0. The largest absolute Gasteiger partial charge is 0.383 e. The smallest absolute Gasteiger partial charge is 0.282 e. The Morgan fingerprint density at radius 1 is 1.11 bits per heavy atom. The minimum absolute atomic E-state index is 0. The van der Waals surface area contributed by atoms with E-state index in [0.717, 1.165) is 57.1 Å². The first-order valence-electron chi connectivity index (χ1n) is 12.7. The lowest BCUT2D eigenvalue weighted by molar-refractivity contribution is -0.120. The molecule has 0 spiro atoms. The zero-order valence-electron chi connectivity index (χ0n) is 21.5. The van der Waals surface area contributed by atoms with Gasteiger partial charge >= 0.3 is 0 Å². The van der Waals surface area contributed by atoms with Crippen LogP contribution in [0.3, 0.4) is 0 Å². The standard InChI is InChI=1S/C26H34N6O3S.ClH/c1-29-13-15-30(16-14-29)25-28-23-22(24(34)32(25)17-18-35-2)27-26(36-23)31-12-6-9-20(31)21(33)11-10-19-7-4-3-5-8-19;/h3-5,7-8,20H,6,9-18H2,1-2H3;1H/t20-;/m1./s1. The van der Waals surface area contributed by atoms with Crippen molar-refractivity contribution in [2.24, 2.45) is 0 Å². The summed E-state index contributed by atoms with van der Waals surface area (Å²) in [6.45, 7) is 5.10. The van der Waals surface area contributed by atoms with Crippen LogP contribution in [0.1, 0.15) is 24.8 Å². The zero-order valence-corrected chi connectivity index (χ0v) is 23.1. The maximum absolute atomic E-state index is 13.6. The lowest BCUT2D eigenvalue weighted by Gasteiger charge is -2.34. The zero-order chi connectivity index (χ0) is 25.1. The van der Waals surface area contributed by atoms with Crippen molar-refractivity contribution in [2.75, 3.05) is 63.3 Å². The SMILES string of the molecule is COCCn1c(N2CCN(C)CC2)nc2sc(N3CCC[C@@H]3C(=O)CCc3ccccc3)nc2c1=O.Cl. The van der Waals surface area contributed by atoms with Gasteiger partial charge in [-0.1, -0.05) is 41.7 Å². The van der Waals surface area contributed by atoms with Gasteiger partial charge in [0.2, 0.25) is 5.95 Å². The Bertz CT molecular complexity index is 1260. The number of Topliss-reactive ketones (excluding diaryl/α,β-unsaturated/α-hetero) is 1. The summed E-state index contributed by atoms with van der Waals surface area (Å²) < 4.78 is 6.98. The normalized spacial score (nSPS) is 18.4. The first-order valence-corrected chi connectivity index (χ1v) is 13.5. The molecule has 2 saturated heterocycles. The van der Waals surface area contributed by atoms with Gasteiger partial charge in [0, 0.05) is 46.3 Å². The van der Waals surface area contributed by atoms with Crippen LogP contribution in [0.25, 0.3) is 10.3 Å². The molecule has 0 radical (unpaired) electrons. The van der Waals surface area contributed by atoms with Gasteiger partial charge in [-0.2, -0.15) is 0 Å². The molecule has 11 heteroatoms. The van der Waals surface area contributed by atoms with Gasteiger partial charge in [0.1, 0.15) is 0 Å².